The van der Waals surface area contributed by atoms with Crippen molar-refractivity contribution in [3.05, 3.63) is 99.4 Å². The van der Waals surface area contributed by atoms with Gasteiger partial charge in [0.2, 0.25) is 0 Å². The number of nitrogens with two attached hydrogens (primary N) is 1. The highest BCUT2D eigenvalue weighted by Crippen LogP contribution is 2.50. The Bertz CT molecular complexity index is 1310. The van der Waals surface area contributed by atoms with Crippen LogP contribution in [0.1, 0.15) is 24.0 Å². The Morgan fingerprint density at radius 1 is 1.21 bits per heavy atom. The molecule has 2 N–H and O–H groups in total. The predicted molar refractivity (Wildman–Crippen MR) is 118 cm³/mol. The standard InChI is InChI=1S/C24H17F2N3O3S/c1-2-32-24(31)21-20(14-6-4-8-16(26)10-14)17(12-27)22(28)29-19(30)11-18(33-23(21)29)13-5-3-7-15(25)9-13/h3-11,20H,2,28H2,1H3. The van der Waals surface area contributed by atoms with Crippen LogP contribution in [0.4, 0.5) is 8.78 Å². The van der Waals surface area contributed by atoms with E-state index in [1.54, 1.807) is 19.1 Å². The molecule has 0 aromatic heterocycles. The van der Waals surface area contributed by atoms with Crippen LogP contribution in [0.15, 0.2) is 76.6 Å². The van der Waals surface area contributed by atoms with Gasteiger partial charge in [0.15, 0.2) is 0 Å². The average molecular weight is 465 g/mol. The summed E-state index contributed by atoms with van der Waals surface area (Å²) in [5.74, 6) is -3.65. The molecule has 2 aromatic rings. The van der Waals surface area contributed by atoms with Gasteiger partial charge in [-0.25, -0.2) is 13.6 Å². The van der Waals surface area contributed by atoms with Gasteiger partial charge in [-0.2, -0.15) is 5.26 Å². The van der Waals surface area contributed by atoms with E-state index in [1.165, 1.54) is 42.5 Å². The number of nitriles is 1. The predicted octanol–water partition coefficient (Wildman–Crippen LogP) is 4.15. The van der Waals surface area contributed by atoms with Gasteiger partial charge >= 0.3 is 5.97 Å². The fourth-order valence-electron chi connectivity index (χ4n) is 3.74. The number of hydrogen-bond donors (Lipinski definition) is 1. The largest absolute Gasteiger partial charge is 0.463 e. The molecule has 9 heteroatoms. The normalized spacial score (nSPS) is 18.0. The molecule has 1 atom stereocenters. The fraction of sp³-hybridized carbons (Fsp3) is 0.125. The number of esters is 1. The van der Waals surface area contributed by atoms with Crippen LogP contribution in [-0.2, 0) is 14.3 Å². The summed E-state index contributed by atoms with van der Waals surface area (Å²) in [5, 5.41) is 10.0. The Hall–Kier alpha value is -3.90. The summed E-state index contributed by atoms with van der Waals surface area (Å²) < 4.78 is 33.1. The summed E-state index contributed by atoms with van der Waals surface area (Å²) in [6, 6.07) is 13.1. The van der Waals surface area contributed by atoms with E-state index < -0.39 is 29.4 Å². The van der Waals surface area contributed by atoms with Crippen molar-refractivity contribution in [2.45, 2.75) is 12.8 Å². The zero-order valence-electron chi connectivity index (χ0n) is 17.3. The lowest BCUT2D eigenvalue weighted by Crippen LogP contribution is -2.40. The third kappa shape index (κ3) is 4.01. The third-order valence-electron chi connectivity index (χ3n) is 5.12. The smallest absolute Gasteiger partial charge is 0.337 e. The number of carbonyl (C=O) groups is 2. The van der Waals surface area contributed by atoms with E-state index in [0.29, 0.717) is 16.0 Å². The highest BCUT2D eigenvalue weighted by atomic mass is 32.2. The van der Waals surface area contributed by atoms with E-state index in [-0.39, 0.29) is 28.6 Å². The van der Waals surface area contributed by atoms with Gasteiger partial charge in [0, 0.05) is 11.0 Å². The molecule has 1 unspecified atom stereocenters. The van der Waals surface area contributed by atoms with Crippen LogP contribution < -0.4 is 5.73 Å². The zero-order chi connectivity index (χ0) is 23.7. The zero-order valence-corrected chi connectivity index (χ0v) is 18.2. The highest BCUT2D eigenvalue weighted by molar-refractivity contribution is 8.11. The van der Waals surface area contributed by atoms with Crippen LogP contribution in [0, 0.1) is 23.0 Å². The van der Waals surface area contributed by atoms with Crippen molar-refractivity contribution >= 4 is 28.5 Å². The van der Waals surface area contributed by atoms with Gasteiger partial charge < -0.3 is 10.5 Å². The molecule has 166 valence electrons. The van der Waals surface area contributed by atoms with Gasteiger partial charge in [-0.3, -0.25) is 9.69 Å². The van der Waals surface area contributed by atoms with Crippen LogP contribution in [0.2, 0.25) is 0 Å². The van der Waals surface area contributed by atoms with Gasteiger partial charge in [-0.15, -0.1) is 0 Å². The van der Waals surface area contributed by atoms with Crippen molar-refractivity contribution in [1.29, 1.82) is 5.26 Å². The minimum Gasteiger partial charge on any atom is -0.463 e. The summed E-state index contributed by atoms with van der Waals surface area (Å²) in [7, 11) is 0. The number of carbonyl (C=O) groups excluding carboxylic acids is 2. The first kappa shape index (κ1) is 22.3. The number of amides is 1. The number of fused-ring (bicyclic) bond motifs is 1. The summed E-state index contributed by atoms with van der Waals surface area (Å²) in [4.78, 5) is 27.6. The summed E-state index contributed by atoms with van der Waals surface area (Å²) in [6.45, 7) is 1.66. The van der Waals surface area contributed by atoms with Gasteiger partial charge in [-0.1, -0.05) is 36.0 Å². The lowest BCUT2D eigenvalue weighted by atomic mass is 9.83. The van der Waals surface area contributed by atoms with Gasteiger partial charge in [0.1, 0.15) is 22.5 Å². The fourth-order valence-corrected chi connectivity index (χ4v) is 4.94. The Balaban J connectivity index is 1.97. The molecule has 0 radical (unpaired) electrons. The number of allylic oxidation sites excluding steroid dienone is 1. The second kappa shape index (κ2) is 8.92. The Morgan fingerprint density at radius 3 is 2.55 bits per heavy atom. The van der Waals surface area contributed by atoms with Crippen molar-refractivity contribution in [2.24, 2.45) is 5.73 Å². The van der Waals surface area contributed by atoms with E-state index in [1.807, 2.05) is 6.07 Å². The first-order chi connectivity index (χ1) is 15.8. The first-order valence-corrected chi connectivity index (χ1v) is 10.7. The van der Waals surface area contributed by atoms with Gasteiger partial charge in [0.05, 0.1) is 29.7 Å². The van der Waals surface area contributed by atoms with E-state index in [4.69, 9.17) is 10.5 Å². The second-order valence-electron chi connectivity index (χ2n) is 7.13. The molecule has 2 aliphatic heterocycles. The third-order valence-corrected chi connectivity index (χ3v) is 6.29. The van der Waals surface area contributed by atoms with Crippen molar-refractivity contribution in [3.8, 4) is 6.07 Å². The first-order valence-electron chi connectivity index (χ1n) is 9.91. The maximum Gasteiger partial charge on any atom is 0.337 e. The molecule has 4 rings (SSSR count). The molecule has 0 bridgehead atoms. The molecule has 1 amide bonds. The minimum atomic E-state index is -1.05. The topological polar surface area (TPSA) is 96.4 Å². The molecule has 0 saturated carbocycles. The molecule has 2 aromatic carbocycles. The van der Waals surface area contributed by atoms with Crippen molar-refractivity contribution in [2.75, 3.05) is 6.61 Å². The summed E-state index contributed by atoms with van der Waals surface area (Å²) in [6.07, 6.45) is 1.26. The molecule has 2 heterocycles. The van der Waals surface area contributed by atoms with E-state index >= 15 is 0 Å². The highest BCUT2D eigenvalue weighted by Gasteiger charge is 2.43. The van der Waals surface area contributed by atoms with Gasteiger partial charge in [-0.05, 0) is 42.3 Å². The molecule has 0 aliphatic carbocycles. The Labute approximate surface area is 192 Å². The molecule has 0 saturated heterocycles. The lowest BCUT2D eigenvalue weighted by Gasteiger charge is -2.37. The quantitative estimate of drug-likeness (QED) is 0.682. The van der Waals surface area contributed by atoms with Crippen LogP contribution in [0.25, 0.3) is 4.91 Å². The van der Waals surface area contributed by atoms with Crippen molar-refractivity contribution in [3.63, 3.8) is 0 Å². The van der Waals surface area contributed by atoms with Gasteiger partial charge in [0.25, 0.3) is 5.91 Å². The Kier molecular flexibility index (Phi) is 6.03. The van der Waals surface area contributed by atoms with E-state index in [2.05, 4.69) is 0 Å². The number of halogens is 2. The number of benzene rings is 2. The molecule has 6 nitrogen and oxygen atoms in total. The maximum atomic E-state index is 14.1. The SMILES string of the molecule is CCOC(=O)C1=C2SC(c3cccc(F)c3)=CC(=O)N2C(N)=C(C#N)C1c1cccc(F)c1. The average Bonchev–Trinajstić information content (AvgIpc) is 2.78. The van der Waals surface area contributed by atoms with Crippen LogP contribution >= 0.6 is 11.8 Å². The van der Waals surface area contributed by atoms with E-state index in [9.17, 15) is 23.6 Å². The van der Waals surface area contributed by atoms with Crippen LogP contribution in [0.5, 0.6) is 0 Å². The maximum absolute atomic E-state index is 14.1. The molecule has 0 fully saturated rings. The van der Waals surface area contributed by atoms with Crippen molar-refractivity contribution in [1.82, 2.24) is 4.90 Å². The number of hydrogen-bond acceptors (Lipinski definition) is 6. The summed E-state index contributed by atoms with van der Waals surface area (Å²) in [5.41, 5.74) is 6.86. The minimum absolute atomic E-state index is 0.0199. The Morgan fingerprint density at radius 2 is 1.91 bits per heavy atom. The van der Waals surface area contributed by atoms with Crippen LogP contribution in [-0.4, -0.2) is 23.4 Å². The number of nitrogens with zero attached hydrogens (tertiary/aromatic N) is 2. The molecule has 0 spiro atoms. The lowest BCUT2D eigenvalue weighted by molar-refractivity contribution is -0.138. The second-order valence-corrected chi connectivity index (χ2v) is 8.16. The van der Waals surface area contributed by atoms with E-state index in [0.717, 1.165) is 16.7 Å². The van der Waals surface area contributed by atoms with Crippen molar-refractivity contribution < 1.29 is 23.1 Å². The molecular formula is C24H17F2N3O3S. The molecular weight excluding hydrogens is 448 g/mol. The molecule has 33 heavy (non-hydrogen) atoms. The monoisotopic (exact) mass is 465 g/mol. The number of rotatable bonds is 4. The number of ether oxygens (including phenoxy) is 1. The molecule has 2 aliphatic rings. The number of thioether (sulfide) groups is 1. The summed E-state index contributed by atoms with van der Waals surface area (Å²) >= 11 is 1.02. The van der Waals surface area contributed by atoms with Crippen LogP contribution in [0.3, 0.4) is 0 Å².